The van der Waals surface area contributed by atoms with Crippen LogP contribution >= 0.6 is 0 Å². The number of aromatic nitrogens is 2. The molecule has 3 rings (SSSR count). The average Bonchev–Trinajstić information content (AvgIpc) is 2.82. The number of nitrogens with zero attached hydrogens (tertiary/aromatic N) is 2. The molecule has 0 atom stereocenters. The molecule has 0 saturated carbocycles. The Labute approximate surface area is 103 Å². The second-order valence-electron chi connectivity index (χ2n) is 3.95. The Morgan fingerprint density at radius 3 is 2.83 bits per heavy atom. The highest BCUT2D eigenvalue weighted by molar-refractivity contribution is 5.92. The number of hydrogen-bond acceptors (Lipinski definition) is 5. The van der Waals surface area contributed by atoms with Crippen LogP contribution in [0.5, 0.6) is 0 Å². The fourth-order valence-corrected chi connectivity index (χ4v) is 1.86. The normalized spacial score (nSPS) is 10.9. The van der Waals surface area contributed by atoms with Crippen molar-refractivity contribution in [3.05, 3.63) is 42.3 Å². The minimum atomic E-state index is 0.332. The van der Waals surface area contributed by atoms with Crippen molar-refractivity contribution in [1.82, 2.24) is 9.97 Å². The first-order valence-electron chi connectivity index (χ1n) is 5.57. The summed E-state index contributed by atoms with van der Waals surface area (Å²) < 4.78 is 5.45. The summed E-state index contributed by atoms with van der Waals surface area (Å²) in [5.74, 6) is 0.961. The number of nitrogens with two attached hydrogens (primary N) is 2. The van der Waals surface area contributed by atoms with Crippen LogP contribution in [0.4, 0.5) is 5.82 Å². The second-order valence-corrected chi connectivity index (χ2v) is 3.95. The van der Waals surface area contributed by atoms with Gasteiger partial charge in [0.15, 0.2) is 5.82 Å². The molecule has 5 heteroatoms. The minimum absolute atomic E-state index is 0.332. The van der Waals surface area contributed by atoms with E-state index in [-0.39, 0.29) is 0 Å². The molecule has 0 bridgehead atoms. The van der Waals surface area contributed by atoms with Gasteiger partial charge in [-0.1, -0.05) is 18.2 Å². The van der Waals surface area contributed by atoms with Gasteiger partial charge in [0.2, 0.25) is 0 Å². The van der Waals surface area contributed by atoms with E-state index in [2.05, 4.69) is 9.97 Å². The van der Waals surface area contributed by atoms with Crippen LogP contribution in [0.25, 0.3) is 22.4 Å². The van der Waals surface area contributed by atoms with E-state index in [1.165, 1.54) is 0 Å². The molecule has 0 unspecified atom stereocenters. The summed E-state index contributed by atoms with van der Waals surface area (Å²) >= 11 is 0. The van der Waals surface area contributed by atoms with Gasteiger partial charge in [0, 0.05) is 23.7 Å². The van der Waals surface area contributed by atoms with Gasteiger partial charge in [0.1, 0.15) is 17.7 Å². The number of hydrogen-bond donors (Lipinski definition) is 2. The topological polar surface area (TPSA) is 91.0 Å². The van der Waals surface area contributed by atoms with Gasteiger partial charge in [-0.25, -0.2) is 9.97 Å². The Kier molecular flexibility index (Phi) is 2.46. The Bertz CT molecular complexity index is 705. The van der Waals surface area contributed by atoms with E-state index < -0.39 is 0 Å². The Balaban J connectivity index is 2.17. The molecule has 0 radical (unpaired) electrons. The van der Waals surface area contributed by atoms with Crippen LogP contribution in [0.15, 0.2) is 41.1 Å². The molecule has 0 spiro atoms. The van der Waals surface area contributed by atoms with Crippen molar-refractivity contribution in [3.8, 4) is 11.4 Å². The van der Waals surface area contributed by atoms with E-state index in [1.807, 2.05) is 24.3 Å². The molecule has 4 N–H and O–H groups in total. The lowest BCUT2D eigenvalue weighted by molar-refractivity contribution is 0.616. The van der Waals surface area contributed by atoms with Crippen LogP contribution in [0.3, 0.4) is 0 Å². The van der Waals surface area contributed by atoms with E-state index in [9.17, 15) is 0 Å². The molecule has 0 saturated heterocycles. The van der Waals surface area contributed by atoms with Crippen LogP contribution < -0.4 is 11.5 Å². The first-order valence-corrected chi connectivity index (χ1v) is 5.57. The fraction of sp³-hybridized carbons (Fsp3) is 0.0769. The fourth-order valence-electron chi connectivity index (χ4n) is 1.86. The van der Waals surface area contributed by atoms with Crippen LogP contribution in [0, 0.1) is 0 Å². The van der Waals surface area contributed by atoms with E-state index in [0.29, 0.717) is 18.2 Å². The molecular formula is C13H12N4O. The zero-order valence-electron chi connectivity index (χ0n) is 9.63. The Morgan fingerprint density at radius 2 is 2.06 bits per heavy atom. The molecule has 0 aliphatic rings. The summed E-state index contributed by atoms with van der Waals surface area (Å²) in [6.45, 7) is 0.332. The number of nitrogen functional groups attached to an aromatic ring is 1. The lowest BCUT2D eigenvalue weighted by atomic mass is 10.1. The summed E-state index contributed by atoms with van der Waals surface area (Å²) in [4.78, 5) is 8.54. The number of para-hydroxylation sites is 1. The van der Waals surface area contributed by atoms with Crippen molar-refractivity contribution in [3.63, 3.8) is 0 Å². The molecular weight excluding hydrogens is 228 g/mol. The molecule has 18 heavy (non-hydrogen) atoms. The predicted octanol–water partition coefficient (Wildman–Crippen LogP) is 1.93. The predicted molar refractivity (Wildman–Crippen MR) is 69.5 cm³/mol. The molecule has 2 aromatic heterocycles. The molecule has 0 amide bonds. The molecule has 90 valence electrons. The maximum absolute atomic E-state index is 5.82. The maximum atomic E-state index is 5.82. The summed E-state index contributed by atoms with van der Waals surface area (Å²) in [5.41, 5.74) is 13.7. The van der Waals surface area contributed by atoms with Gasteiger partial charge in [-0.3, -0.25) is 0 Å². The van der Waals surface area contributed by atoms with Gasteiger partial charge in [-0.15, -0.1) is 0 Å². The number of fused-ring (bicyclic) bond motifs is 1. The van der Waals surface area contributed by atoms with Crippen molar-refractivity contribution in [2.45, 2.75) is 6.54 Å². The van der Waals surface area contributed by atoms with Crippen molar-refractivity contribution in [1.29, 1.82) is 0 Å². The van der Waals surface area contributed by atoms with Crippen LogP contribution in [-0.2, 0) is 6.54 Å². The third kappa shape index (κ3) is 1.61. The molecule has 3 aromatic rings. The number of benzene rings is 1. The molecule has 0 aliphatic carbocycles. The number of anilines is 1. The van der Waals surface area contributed by atoms with Gasteiger partial charge in [-0.05, 0) is 6.07 Å². The smallest absolute Gasteiger partial charge is 0.165 e. The lowest BCUT2D eigenvalue weighted by Gasteiger charge is -2.03. The monoisotopic (exact) mass is 240 g/mol. The molecule has 5 nitrogen and oxygen atoms in total. The quantitative estimate of drug-likeness (QED) is 0.714. The third-order valence-electron chi connectivity index (χ3n) is 2.84. The largest absolute Gasteiger partial charge is 0.464 e. The zero-order chi connectivity index (χ0) is 12.5. The average molecular weight is 240 g/mol. The van der Waals surface area contributed by atoms with Crippen LogP contribution in [-0.4, -0.2) is 9.97 Å². The first kappa shape index (κ1) is 10.7. The highest BCUT2D eigenvalue weighted by Gasteiger charge is 2.11. The SMILES string of the molecule is NCc1cnc(-c2coc3ccccc23)nc1N. The summed E-state index contributed by atoms with van der Waals surface area (Å²) in [5, 5.41) is 0.970. The maximum Gasteiger partial charge on any atom is 0.165 e. The van der Waals surface area contributed by atoms with Gasteiger partial charge < -0.3 is 15.9 Å². The minimum Gasteiger partial charge on any atom is -0.464 e. The van der Waals surface area contributed by atoms with Crippen molar-refractivity contribution in [2.24, 2.45) is 5.73 Å². The van der Waals surface area contributed by atoms with Crippen molar-refractivity contribution in [2.75, 3.05) is 5.73 Å². The highest BCUT2D eigenvalue weighted by Crippen LogP contribution is 2.28. The molecule has 0 aliphatic heterocycles. The Morgan fingerprint density at radius 1 is 1.22 bits per heavy atom. The first-order chi connectivity index (χ1) is 8.79. The number of furan rings is 1. The summed E-state index contributed by atoms with van der Waals surface area (Å²) in [6.07, 6.45) is 3.29. The van der Waals surface area contributed by atoms with Gasteiger partial charge >= 0.3 is 0 Å². The van der Waals surface area contributed by atoms with Gasteiger partial charge in [0.25, 0.3) is 0 Å². The van der Waals surface area contributed by atoms with Gasteiger partial charge in [0.05, 0.1) is 5.56 Å². The van der Waals surface area contributed by atoms with Gasteiger partial charge in [-0.2, -0.15) is 0 Å². The second kappa shape index (κ2) is 4.12. The molecule has 0 fully saturated rings. The van der Waals surface area contributed by atoms with Crippen molar-refractivity contribution < 1.29 is 4.42 Å². The van der Waals surface area contributed by atoms with E-state index in [1.54, 1.807) is 12.5 Å². The summed E-state index contributed by atoms with van der Waals surface area (Å²) in [7, 11) is 0. The summed E-state index contributed by atoms with van der Waals surface area (Å²) in [6, 6.07) is 7.72. The third-order valence-corrected chi connectivity index (χ3v) is 2.84. The van der Waals surface area contributed by atoms with Crippen molar-refractivity contribution >= 4 is 16.8 Å². The highest BCUT2D eigenvalue weighted by atomic mass is 16.3. The van der Waals surface area contributed by atoms with E-state index in [0.717, 1.165) is 22.1 Å². The number of rotatable bonds is 2. The van der Waals surface area contributed by atoms with E-state index in [4.69, 9.17) is 15.9 Å². The Hall–Kier alpha value is -2.40. The molecule has 2 heterocycles. The molecule has 1 aromatic carbocycles. The lowest BCUT2D eigenvalue weighted by Crippen LogP contribution is -2.05. The van der Waals surface area contributed by atoms with Crippen LogP contribution in [0.2, 0.25) is 0 Å². The zero-order valence-corrected chi connectivity index (χ0v) is 9.63. The van der Waals surface area contributed by atoms with E-state index >= 15 is 0 Å². The standard InChI is InChI=1S/C13H12N4O/c14-5-8-6-16-13(17-12(8)15)10-7-18-11-4-2-1-3-9(10)11/h1-4,6-7H,5,14H2,(H2,15,16,17). The van der Waals surface area contributed by atoms with Crippen LogP contribution in [0.1, 0.15) is 5.56 Å².